The van der Waals surface area contributed by atoms with Crippen molar-refractivity contribution in [3.63, 3.8) is 0 Å². The summed E-state index contributed by atoms with van der Waals surface area (Å²) in [6.07, 6.45) is 2.98. The number of carbonyl (C=O) groups is 4. The minimum Gasteiger partial charge on any atom is -0.465 e. The number of halogens is 1. The maximum atomic E-state index is 13.2. The summed E-state index contributed by atoms with van der Waals surface area (Å²) in [6.45, 7) is 9.23. The van der Waals surface area contributed by atoms with Crippen molar-refractivity contribution in [2.24, 2.45) is 5.41 Å². The Kier molecular flexibility index (Phi) is 8.85. The SMILES string of the molecule is C=CCOCc1ccc(Br)nc1NC(=O)[C@@H]1C[C@@]2(CNC(=O)[C@H](CC=C)NC(C)=O)C[C@H]2N1C(=O)O. The fraction of sp³-hybridized carbons (Fsp3) is 0.458. The Morgan fingerprint density at radius 1 is 1.31 bits per heavy atom. The molecule has 4 N–H and O–H groups in total. The van der Waals surface area contributed by atoms with E-state index in [9.17, 15) is 24.3 Å². The molecule has 1 aliphatic carbocycles. The lowest BCUT2D eigenvalue weighted by atomic mass is 9.98. The number of nitrogens with zero attached hydrogens (tertiary/aromatic N) is 2. The molecule has 0 unspecified atom stereocenters. The van der Waals surface area contributed by atoms with E-state index in [1.807, 2.05) is 0 Å². The molecule has 1 saturated heterocycles. The zero-order valence-electron chi connectivity index (χ0n) is 20.0. The molecule has 4 atom stereocenters. The Hall–Kier alpha value is -3.25. The number of nitrogens with one attached hydrogen (secondary N) is 3. The van der Waals surface area contributed by atoms with Crippen molar-refractivity contribution in [3.05, 3.63) is 47.6 Å². The van der Waals surface area contributed by atoms with Gasteiger partial charge >= 0.3 is 6.09 Å². The third kappa shape index (κ3) is 6.30. The van der Waals surface area contributed by atoms with E-state index >= 15 is 0 Å². The van der Waals surface area contributed by atoms with E-state index in [2.05, 4.69) is 50.0 Å². The van der Waals surface area contributed by atoms with Gasteiger partial charge in [0.05, 0.1) is 13.2 Å². The van der Waals surface area contributed by atoms with Gasteiger partial charge in [-0.3, -0.25) is 19.3 Å². The van der Waals surface area contributed by atoms with Crippen LogP contribution in [-0.2, 0) is 25.7 Å². The number of hydrogen-bond donors (Lipinski definition) is 4. The molecule has 194 valence electrons. The van der Waals surface area contributed by atoms with Crippen LogP contribution in [0.4, 0.5) is 10.6 Å². The van der Waals surface area contributed by atoms with E-state index in [0.29, 0.717) is 23.2 Å². The van der Waals surface area contributed by atoms with Gasteiger partial charge < -0.3 is 25.8 Å². The van der Waals surface area contributed by atoms with Gasteiger partial charge in [-0.2, -0.15) is 0 Å². The summed E-state index contributed by atoms with van der Waals surface area (Å²) >= 11 is 3.29. The van der Waals surface area contributed by atoms with Gasteiger partial charge in [0.15, 0.2) is 0 Å². The Morgan fingerprint density at radius 3 is 2.69 bits per heavy atom. The standard InChI is InChI=1S/C24H30BrN5O6/c1-4-6-16(27-14(3)31)21(32)26-13-24-10-17(30(23(34)35)18(24)11-24)22(33)29-20-15(12-36-9-5-2)7-8-19(25)28-20/h4-5,7-8,16-18H,1-2,6,9-13H2,3H3,(H,26,32)(H,27,31)(H,34,35)(H,28,29,33)/t16-,17-,18+,24-/m0/s1. The average Bonchev–Trinajstić information content (AvgIpc) is 3.41. The van der Waals surface area contributed by atoms with Gasteiger partial charge in [-0.1, -0.05) is 18.2 Å². The minimum atomic E-state index is -1.20. The van der Waals surface area contributed by atoms with Crippen LogP contribution in [0.1, 0.15) is 31.7 Å². The number of anilines is 1. The maximum absolute atomic E-state index is 13.2. The van der Waals surface area contributed by atoms with Gasteiger partial charge in [0.1, 0.15) is 22.5 Å². The van der Waals surface area contributed by atoms with Crippen LogP contribution >= 0.6 is 15.9 Å². The van der Waals surface area contributed by atoms with Gasteiger partial charge in [0.25, 0.3) is 0 Å². The van der Waals surface area contributed by atoms with E-state index < -0.39 is 35.5 Å². The number of pyridine rings is 1. The molecule has 0 spiro atoms. The number of piperidine rings is 1. The molecule has 1 saturated carbocycles. The molecule has 1 aromatic heterocycles. The number of fused-ring (bicyclic) bond motifs is 1. The molecule has 3 rings (SSSR count). The molecule has 4 amide bonds. The molecule has 1 aromatic rings. The highest BCUT2D eigenvalue weighted by molar-refractivity contribution is 9.10. The van der Waals surface area contributed by atoms with E-state index in [0.717, 1.165) is 4.90 Å². The first-order valence-corrected chi connectivity index (χ1v) is 12.2. The van der Waals surface area contributed by atoms with Gasteiger partial charge in [-0.25, -0.2) is 9.78 Å². The van der Waals surface area contributed by atoms with E-state index in [-0.39, 0.29) is 43.6 Å². The first-order valence-electron chi connectivity index (χ1n) is 11.4. The number of ether oxygens (including phenoxy) is 1. The van der Waals surface area contributed by atoms with Crippen LogP contribution in [0.5, 0.6) is 0 Å². The first kappa shape index (κ1) is 27.3. The molecular formula is C24H30BrN5O6. The van der Waals surface area contributed by atoms with Crippen LogP contribution < -0.4 is 16.0 Å². The topological polar surface area (TPSA) is 150 Å². The number of carboxylic acid groups (broad SMARTS) is 1. The predicted molar refractivity (Wildman–Crippen MR) is 135 cm³/mol. The van der Waals surface area contributed by atoms with Crippen LogP contribution in [0.3, 0.4) is 0 Å². The van der Waals surface area contributed by atoms with E-state index in [1.165, 1.54) is 13.0 Å². The smallest absolute Gasteiger partial charge is 0.408 e. The lowest BCUT2D eigenvalue weighted by molar-refractivity contribution is -0.128. The highest BCUT2D eigenvalue weighted by Gasteiger charge is 2.67. The molecule has 1 aliphatic heterocycles. The zero-order valence-corrected chi connectivity index (χ0v) is 21.5. The second-order valence-corrected chi connectivity index (χ2v) is 9.73. The molecule has 11 nitrogen and oxygen atoms in total. The van der Waals surface area contributed by atoms with Crippen LogP contribution in [0.2, 0.25) is 0 Å². The van der Waals surface area contributed by atoms with Crippen LogP contribution in [0, 0.1) is 5.41 Å². The van der Waals surface area contributed by atoms with E-state index in [1.54, 1.807) is 18.2 Å². The summed E-state index contributed by atoms with van der Waals surface area (Å²) in [6, 6.07) is 1.36. The quantitative estimate of drug-likeness (QED) is 0.173. The third-order valence-corrected chi connectivity index (χ3v) is 6.77. The lowest BCUT2D eigenvalue weighted by Crippen LogP contribution is -2.47. The molecule has 36 heavy (non-hydrogen) atoms. The molecule has 0 aromatic carbocycles. The van der Waals surface area contributed by atoms with Gasteiger partial charge in [0, 0.05) is 30.5 Å². The Labute approximate surface area is 217 Å². The summed E-state index contributed by atoms with van der Waals surface area (Å²) in [4.78, 5) is 54.8. The third-order valence-electron chi connectivity index (χ3n) is 6.33. The first-order chi connectivity index (χ1) is 17.1. The summed E-state index contributed by atoms with van der Waals surface area (Å²) in [5.41, 5.74) is 0.0812. The van der Waals surface area contributed by atoms with Gasteiger partial charge in [-0.15, -0.1) is 13.2 Å². The molecule has 2 fully saturated rings. The Balaban J connectivity index is 1.70. The number of hydrogen-bond acceptors (Lipinski definition) is 6. The molecular weight excluding hydrogens is 534 g/mol. The highest BCUT2D eigenvalue weighted by atomic mass is 79.9. The summed E-state index contributed by atoms with van der Waals surface area (Å²) in [7, 11) is 0. The van der Waals surface area contributed by atoms with Crippen LogP contribution in [0.25, 0.3) is 0 Å². The minimum absolute atomic E-state index is 0.188. The summed E-state index contributed by atoms with van der Waals surface area (Å²) < 4.78 is 5.97. The second-order valence-electron chi connectivity index (χ2n) is 8.92. The van der Waals surface area contributed by atoms with Crippen molar-refractivity contribution in [1.82, 2.24) is 20.5 Å². The molecule has 0 bridgehead atoms. The average molecular weight is 564 g/mol. The zero-order chi connectivity index (χ0) is 26.5. The monoisotopic (exact) mass is 563 g/mol. The Morgan fingerprint density at radius 2 is 2.06 bits per heavy atom. The lowest BCUT2D eigenvalue weighted by Gasteiger charge is -2.24. The largest absolute Gasteiger partial charge is 0.465 e. The normalized spacial score (nSPS) is 22.7. The van der Waals surface area contributed by atoms with Gasteiger partial charge in [-0.05, 0) is 41.3 Å². The Bertz CT molecular complexity index is 1070. The number of amides is 4. The van der Waals surface area contributed by atoms with Crippen LogP contribution in [-0.4, -0.2) is 70.1 Å². The van der Waals surface area contributed by atoms with Gasteiger partial charge in [0.2, 0.25) is 17.7 Å². The predicted octanol–water partition coefficient (Wildman–Crippen LogP) is 2.19. The van der Waals surface area contributed by atoms with Crippen molar-refractivity contribution in [2.75, 3.05) is 18.5 Å². The summed E-state index contributed by atoms with van der Waals surface area (Å²) in [5.74, 6) is -0.963. The molecule has 2 aliphatic rings. The van der Waals surface area contributed by atoms with Crippen molar-refractivity contribution in [2.45, 2.75) is 50.9 Å². The van der Waals surface area contributed by atoms with Crippen molar-refractivity contribution in [1.29, 1.82) is 0 Å². The number of aromatic nitrogens is 1. The van der Waals surface area contributed by atoms with Crippen LogP contribution in [0.15, 0.2) is 42.0 Å². The number of carbonyl (C=O) groups excluding carboxylic acids is 3. The van der Waals surface area contributed by atoms with Crippen molar-refractivity contribution < 1.29 is 29.0 Å². The molecule has 0 radical (unpaired) electrons. The van der Waals surface area contributed by atoms with E-state index in [4.69, 9.17) is 4.74 Å². The maximum Gasteiger partial charge on any atom is 0.408 e. The summed E-state index contributed by atoms with van der Waals surface area (Å²) in [5, 5.41) is 18.0. The van der Waals surface area contributed by atoms with Crippen molar-refractivity contribution >= 4 is 45.6 Å². The number of likely N-dealkylation sites (tertiary alicyclic amines) is 1. The molecule has 12 heteroatoms. The van der Waals surface area contributed by atoms with Crippen molar-refractivity contribution in [3.8, 4) is 0 Å². The fourth-order valence-corrected chi connectivity index (χ4v) is 4.87. The fourth-order valence-electron chi connectivity index (χ4n) is 4.56. The second kappa shape index (κ2) is 11.7. The molecule has 2 heterocycles. The number of rotatable bonds is 12. The highest BCUT2D eigenvalue weighted by Crippen LogP contribution is 2.59.